The van der Waals surface area contributed by atoms with Crippen LogP contribution in [0, 0.1) is 0 Å². The van der Waals surface area contributed by atoms with Crippen LogP contribution in [0.5, 0.6) is 5.75 Å². The molecule has 154 valence electrons. The van der Waals surface area contributed by atoms with Crippen LogP contribution in [0.2, 0.25) is 5.02 Å². The summed E-state index contributed by atoms with van der Waals surface area (Å²) in [4.78, 5) is 38.9. The Bertz CT molecular complexity index is 1260. The quantitative estimate of drug-likeness (QED) is 0.446. The molecule has 2 aliphatic rings. The fourth-order valence-electron chi connectivity index (χ4n) is 3.90. The van der Waals surface area contributed by atoms with Gasteiger partial charge in [-0.2, -0.15) is 0 Å². The maximum Gasteiger partial charge on any atom is 0.339 e. The van der Waals surface area contributed by atoms with Crippen molar-refractivity contribution in [3.05, 3.63) is 98.6 Å². The van der Waals surface area contributed by atoms with Crippen molar-refractivity contribution < 1.29 is 28.6 Å². The van der Waals surface area contributed by atoms with Crippen LogP contribution in [0.1, 0.15) is 53.3 Å². The van der Waals surface area contributed by atoms with Crippen LogP contribution in [-0.2, 0) is 22.7 Å². The third kappa shape index (κ3) is 3.30. The van der Waals surface area contributed by atoms with E-state index in [1.165, 1.54) is 6.07 Å². The molecule has 0 unspecified atom stereocenters. The van der Waals surface area contributed by atoms with Crippen molar-refractivity contribution in [1.29, 1.82) is 0 Å². The smallest absolute Gasteiger partial charge is 0.339 e. The van der Waals surface area contributed by atoms with Gasteiger partial charge in [-0.25, -0.2) is 4.79 Å². The molecule has 0 N–H and O–H groups in total. The lowest BCUT2D eigenvalue weighted by Gasteiger charge is -2.21. The van der Waals surface area contributed by atoms with Gasteiger partial charge in [-0.3, -0.25) is 9.59 Å². The van der Waals surface area contributed by atoms with E-state index in [0.717, 1.165) is 5.56 Å². The third-order valence-electron chi connectivity index (χ3n) is 5.28. The van der Waals surface area contributed by atoms with E-state index in [2.05, 4.69) is 0 Å². The lowest BCUT2D eigenvalue weighted by molar-refractivity contribution is -0.0180. The lowest BCUT2D eigenvalue weighted by atomic mass is 9.82. The molecule has 0 fully saturated rings. The number of rotatable bonds is 3. The van der Waals surface area contributed by atoms with Gasteiger partial charge in [0, 0.05) is 38.4 Å². The van der Waals surface area contributed by atoms with Gasteiger partial charge in [-0.05, 0) is 18.2 Å². The zero-order valence-electron chi connectivity index (χ0n) is 16.1. The van der Waals surface area contributed by atoms with Gasteiger partial charge in [0.1, 0.15) is 12.4 Å². The molecule has 0 saturated heterocycles. The summed E-state index contributed by atoms with van der Waals surface area (Å²) in [5.41, 5.74) is 2.27. The van der Waals surface area contributed by atoms with Crippen LogP contribution in [-0.4, -0.2) is 24.3 Å². The summed E-state index contributed by atoms with van der Waals surface area (Å²) >= 11 is 6.16. The highest BCUT2D eigenvalue weighted by atomic mass is 35.5. The van der Waals surface area contributed by atoms with Gasteiger partial charge in [0.25, 0.3) is 0 Å². The molecule has 0 radical (unpaired) electrons. The number of benzene rings is 3. The molecule has 31 heavy (non-hydrogen) atoms. The normalized spacial score (nSPS) is 14.2. The summed E-state index contributed by atoms with van der Waals surface area (Å²) in [6.07, 6.45) is 0. The average Bonchev–Trinajstić information content (AvgIpc) is 2.80. The Morgan fingerprint density at radius 3 is 2.52 bits per heavy atom. The van der Waals surface area contributed by atoms with Crippen molar-refractivity contribution in [2.45, 2.75) is 13.2 Å². The van der Waals surface area contributed by atoms with Gasteiger partial charge in [0.05, 0.1) is 12.2 Å². The summed E-state index contributed by atoms with van der Waals surface area (Å²) in [7, 11) is 0. The van der Waals surface area contributed by atoms with Crippen molar-refractivity contribution in [2.24, 2.45) is 0 Å². The maximum absolute atomic E-state index is 13.1. The molecule has 3 aromatic rings. The standard InChI is InChI=1S/C24H15ClO6/c25-15-8-13-10-29-12-31-23(13)14(9-15)11-30-24(28)19-7-3-6-18-20(19)22(27)17-5-2-1-4-16(17)21(18)26/h1-9H,10-12H2. The van der Waals surface area contributed by atoms with E-state index in [-0.39, 0.29) is 47.2 Å². The van der Waals surface area contributed by atoms with Crippen molar-refractivity contribution in [2.75, 3.05) is 6.79 Å². The van der Waals surface area contributed by atoms with Crippen molar-refractivity contribution in [3.8, 4) is 5.75 Å². The van der Waals surface area contributed by atoms with Crippen LogP contribution in [0.4, 0.5) is 0 Å². The summed E-state index contributed by atoms with van der Waals surface area (Å²) < 4.78 is 16.3. The van der Waals surface area contributed by atoms with Crippen LogP contribution < -0.4 is 4.74 Å². The molecular formula is C24H15ClO6. The van der Waals surface area contributed by atoms with E-state index in [4.69, 9.17) is 25.8 Å². The van der Waals surface area contributed by atoms with E-state index < -0.39 is 5.97 Å². The number of hydrogen-bond acceptors (Lipinski definition) is 6. The topological polar surface area (TPSA) is 78.9 Å². The second-order valence-electron chi connectivity index (χ2n) is 7.17. The molecule has 0 atom stereocenters. The number of hydrogen-bond donors (Lipinski definition) is 0. The first-order valence-electron chi connectivity index (χ1n) is 9.55. The van der Waals surface area contributed by atoms with Crippen molar-refractivity contribution in [3.63, 3.8) is 0 Å². The molecule has 1 heterocycles. The number of fused-ring (bicyclic) bond motifs is 3. The largest absolute Gasteiger partial charge is 0.467 e. The zero-order chi connectivity index (χ0) is 21.5. The molecule has 0 amide bonds. The van der Waals surface area contributed by atoms with Gasteiger partial charge in [0.15, 0.2) is 18.4 Å². The van der Waals surface area contributed by atoms with E-state index in [1.54, 1.807) is 48.5 Å². The van der Waals surface area contributed by atoms with E-state index in [9.17, 15) is 14.4 Å². The SMILES string of the molecule is O=C(OCc1cc(Cl)cc2c1OCOC2)c1cccc2c1C(=O)c1ccccc1C2=O. The van der Waals surface area contributed by atoms with E-state index in [0.29, 0.717) is 28.5 Å². The molecule has 3 aromatic carbocycles. The first-order valence-corrected chi connectivity index (χ1v) is 9.93. The molecule has 6 nitrogen and oxygen atoms in total. The Labute approximate surface area is 182 Å². The van der Waals surface area contributed by atoms with Gasteiger partial charge in [-0.1, -0.05) is 48.0 Å². The Kier molecular flexibility index (Phi) is 4.81. The van der Waals surface area contributed by atoms with E-state index in [1.807, 2.05) is 0 Å². The van der Waals surface area contributed by atoms with Crippen LogP contribution in [0.25, 0.3) is 0 Å². The Hall–Kier alpha value is -3.48. The molecule has 0 bridgehead atoms. The molecule has 1 aliphatic carbocycles. The monoisotopic (exact) mass is 434 g/mol. The number of halogens is 1. The van der Waals surface area contributed by atoms with Crippen molar-refractivity contribution in [1.82, 2.24) is 0 Å². The second kappa shape index (κ2) is 7.65. The van der Waals surface area contributed by atoms with Crippen molar-refractivity contribution >= 4 is 29.1 Å². The minimum atomic E-state index is -0.710. The molecule has 0 aromatic heterocycles. The number of carbonyl (C=O) groups is 3. The summed E-state index contributed by atoms with van der Waals surface area (Å²) in [5.74, 6) is -0.813. The molecular weight excluding hydrogens is 420 g/mol. The van der Waals surface area contributed by atoms with Crippen LogP contribution >= 0.6 is 11.6 Å². The van der Waals surface area contributed by atoms with Crippen LogP contribution in [0.15, 0.2) is 54.6 Å². The Morgan fingerprint density at radius 1 is 0.968 bits per heavy atom. The molecule has 0 saturated carbocycles. The highest BCUT2D eigenvalue weighted by Gasteiger charge is 2.33. The highest BCUT2D eigenvalue weighted by Crippen LogP contribution is 2.33. The van der Waals surface area contributed by atoms with Gasteiger partial charge in [0.2, 0.25) is 0 Å². The first-order chi connectivity index (χ1) is 15.0. The fraction of sp³-hybridized carbons (Fsp3) is 0.125. The first kappa shape index (κ1) is 19.5. The summed E-state index contributed by atoms with van der Waals surface area (Å²) in [5, 5.41) is 0.466. The molecule has 1 aliphatic heterocycles. The minimum Gasteiger partial charge on any atom is -0.467 e. The summed E-state index contributed by atoms with van der Waals surface area (Å²) in [6, 6.07) is 14.6. The summed E-state index contributed by atoms with van der Waals surface area (Å²) in [6.45, 7) is 0.334. The van der Waals surface area contributed by atoms with Gasteiger partial charge >= 0.3 is 5.97 Å². The molecule has 7 heteroatoms. The van der Waals surface area contributed by atoms with Gasteiger partial charge in [-0.15, -0.1) is 0 Å². The number of ether oxygens (including phenoxy) is 3. The molecule has 5 rings (SSSR count). The van der Waals surface area contributed by atoms with Crippen LogP contribution in [0.3, 0.4) is 0 Å². The lowest BCUT2D eigenvalue weighted by Crippen LogP contribution is -2.24. The fourth-order valence-corrected chi connectivity index (χ4v) is 4.16. The minimum absolute atomic E-state index is 0.0468. The predicted octanol–water partition coefficient (Wildman–Crippen LogP) is 4.34. The second-order valence-corrected chi connectivity index (χ2v) is 7.61. The van der Waals surface area contributed by atoms with E-state index >= 15 is 0 Å². The predicted molar refractivity (Wildman–Crippen MR) is 111 cm³/mol. The highest BCUT2D eigenvalue weighted by molar-refractivity contribution is 6.31. The zero-order valence-corrected chi connectivity index (χ0v) is 16.9. The third-order valence-corrected chi connectivity index (χ3v) is 5.50. The average molecular weight is 435 g/mol. The number of carbonyl (C=O) groups excluding carboxylic acids is 3. The maximum atomic E-state index is 13.1. The molecule has 0 spiro atoms. The number of esters is 1. The van der Waals surface area contributed by atoms with Gasteiger partial charge < -0.3 is 14.2 Å². The Balaban J connectivity index is 1.47. The Morgan fingerprint density at radius 2 is 1.71 bits per heavy atom. The number of ketones is 2.